The summed E-state index contributed by atoms with van der Waals surface area (Å²) >= 11 is 0. The predicted molar refractivity (Wildman–Crippen MR) is 92.9 cm³/mol. The number of rotatable bonds is 6. The number of nitro benzene ring substituents is 1. The van der Waals surface area contributed by atoms with Crippen LogP contribution in [0.2, 0.25) is 0 Å². The zero-order valence-electron chi connectivity index (χ0n) is 13.4. The average Bonchev–Trinajstić information content (AvgIpc) is 2.62. The van der Waals surface area contributed by atoms with Crippen molar-refractivity contribution in [2.24, 2.45) is 0 Å². The summed E-state index contributed by atoms with van der Waals surface area (Å²) in [5, 5.41) is 22.4. The van der Waals surface area contributed by atoms with E-state index in [1.807, 2.05) is 13.0 Å². The van der Waals surface area contributed by atoms with Crippen molar-refractivity contribution in [3.8, 4) is 11.8 Å². The van der Waals surface area contributed by atoms with Crippen LogP contribution in [0.3, 0.4) is 0 Å². The minimum absolute atomic E-state index is 0.0607. The number of nitriles is 1. The molecule has 0 saturated heterocycles. The number of hydrogen-bond donors (Lipinski definition) is 1. The maximum absolute atomic E-state index is 12.2. The van der Waals surface area contributed by atoms with Crippen molar-refractivity contribution in [2.45, 2.75) is 6.92 Å². The summed E-state index contributed by atoms with van der Waals surface area (Å²) in [5.41, 5.74) is 0.875. The number of carbonyl (C=O) groups is 1. The Morgan fingerprint density at radius 2 is 1.88 bits per heavy atom. The second-order valence-corrected chi connectivity index (χ2v) is 4.93. The summed E-state index contributed by atoms with van der Waals surface area (Å²) in [5.74, 6) is 0.118. The van der Waals surface area contributed by atoms with Crippen LogP contribution in [0.5, 0.6) is 5.75 Å². The van der Waals surface area contributed by atoms with Gasteiger partial charge in [-0.3, -0.25) is 14.9 Å². The average molecular weight is 337 g/mol. The van der Waals surface area contributed by atoms with Crippen LogP contribution in [-0.4, -0.2) is 17.4 Å². The van der Waals surface area contributed by atoms with Crippen LogP contribution in [0.4, 0.5) is 11.4 Å². The number of ether oxygens (including phenoxy) is 1. The van der Waals surface area contributed by atoms with E-state index in [1.165, 1.54) is 30.3 Å². The second kappa shape index (κ2) is 8.26. The molecule has 0 aliphatic heterocycles. The molecule has 0 radical (unpaired) electrons. The van der Waals surface area contributed by atoms with E-state index in [0.717, 1.165) is 0 Å². The van der Waals surface area contributed by atoms with Gasteiger partial charge in [0.1, 0.15) is 17.4 Å². The van der Waals surface area contributed by atoms with Crippen molar-refractivity contribution in [3.05, 3.63) is 69.8 Å². The molecular formula is C18H15N3O4. The number of nitrogens with one attached hydrogen (secondary N) is 1. The van der Waals surface area contributed by atoms with E-state index in [2.05, 4.69) is 5.32 Å². The normalized spacial score (nSPS) is 10.6. The van der Waals surface area contributed by atoms with E-state index in [-0.39, 0.29) is 11.3 Å². The predicted octanol–water partition coefficient (Wildman–Crippen LogP) is 3.54. The highest BCUT2D eigenvalue weighted by Crippen LogP contribution is 2.18. The van der Waals surface area contributed by atoms with Crippen LogP contribution in [0, 0.1) is 21.4 Å². The molecule has 0 aliphatic carbocycles. The first kappa shape index (κ1) is 17.7. The Labute approximate surface area is 144 Å². The number of nitro groups is 1. The zero-order valence-corrected chi connectivity index (χ0v) is 13.4. The number of carbonyl (C=O) groups excluding carboxylic acids is 1. The fourth-order valence-electron chi connectivity index (χ4n) is 2.01. The molecule has 0 saturated carbocycles. The number of anilines is 1. The number of benzene rings is 2. The summed E-state index contributed by atoms with van der Waals surface area (Å²) in [6.45, 7) is 2.42. The maximum Gasteiger partial charge on any atom is 0.269 e. The highest BCUT2D eigenvalue weighted by molar-refractivity contribution is 6.09. The highest BCUT2D eigenvalue weighted by atomic mass is 16.6. The lowest BCUT2D eigenvalue weighted by atomic mass is 10.1. The lowest BCUT2D eigenvalue weighted by molar-refractivity contribution is -0.384. The smallest absolute Gasteiger partial charge is 0.269 e. The van der Waals surface area contributed by atoms with Crippen molar-refractivity contribution >= 4 is 23.4 Å². The first-order valence-electron chi connectivity index (χ1n) is 7.44. The van der Waals surface area contributed by atoms with Gasteiger partial charge in [-0.25, -0.2) is 0 Å². The quantitative estimate of drug-likeness (QED) is 0.375. The second-order valence-electron chi connectivity index (χ2n) is 4.93. The van der Waals surface area contributed by atoms with Gasteiger partial charge in [-0.05, 0) is 55.0 Å². The van der Waals surface area contributed by atoms with E-state index in [4.69, 9.17) is 4.74 Å². The molecule has 0 spiro atoms. The minimum Gasteiger partial charge on any atom is -0.494 e. The fraction of sp³-hybridized carbons (Fsp3) is 0.111. The maximum atomic E-state index is 12.2. The number of hydrogen-bond acceptors (Lipinski definition) is 5. The molecule has 0 heterocycles. The van der Waals surface area contributed by atoms with E-state index < -0.39 is 10.8 Å². The first-order valence-corrected chi connectivity index (χ1v) is 7.44. The molecule has 1 amide bonds. The zero-order chi connectivity index (χ0) is 18.2. The van der Waals surface area contributed by atoms with Crippen molar-refractivity contribution in [2.75, 3.05) is 11.9 Å². The molecule has 0 unspecified atom stereocenters. The van der Waals surface area contributed by atoms with Gasteiger partial charge < -0.3 is 10.1 Å². The van der Waals surface area contributed by atoms with E-state index in [9.17, 15) is 20.2 Å². The van der Waals surface area contributed by atoms with Crippen molar-refractivity contribution in [1.82, 2.24) is 0 Å². The SMILES string of the molecule is CCOc1ccc(NC(=O)/C(C#N)=C\c2ccc([N+](=O)[O-])cc2)cc1. The lowest BCUT2D eigenvalue weighted by Crippen LogP contribution is -2.13. The molecule has 1 N–H and O–H groups in total. The van der Waals surface area contributed by atoms with Crippen molar-refractivity contribution < 1.29 is 14.5 Å². The molecular weight excluding hydrogens is 322 g/mol. The van der Waals surface area contributed by atoms with Crippen molar-refractivity contribution in [3.63, 3.8) is 0 Å². The molecule has 2 rings (SSSR count). The third-order valence-corrected chi connectivity index (χ3v) is 3.20. The molecule has 126 valence electrons. The third kappa shape index (κ3) is 4.91. The van der Waals surface area contributed by atoms with Gasteiger partial charge in [-0.2, -0.15) is 5.26 Å². The summed E-state index contributed by atoms with van der Waals surface area (Å²) in [4.78, 5) is 22.3. The van der Waals surface area contributed by atoms with Gasteiger partial charge in [0.05, 0.1) is 11.5 Å². The standard InChI is InChI=1S/C18H15N3O4/c1-2-25-17-9-5-15(6-10-17)20-18(22)14(12-19)11-13-3-7-16(8-4-13)21(23)24/h3-11H,2H2,1H3,(H,20,22)/b14-11-. The van der Waals surface area contributed by atoms with Gasteiger partial charge in [0.2, 0.25) is 0 Å². The molecule has 2 aromatic carbocycles. The molecule has 25 heavy (non-hydrogen) atoms. The van der Waals surface area contributed by atoms with Crippen LogP contribution in [0.15, 0.2) is 54.1 Å². The molecule has 0 bridgehead atoms. The van der Waals surface area contributed by atoms with Crippen LogP contribution >= 0.6 is 0 Å². The monoisotopic (exact) mass is 337 g/mol. The van der Waals surface area contributed by atoms with Gasteiger partial charge in [0, 0.05) is 17.8 Å². The first-order chi connectivity index (χ1) is 12.0. The molecule has 7 nitrogen and oxygen atoms in total. The summed E-state index contributed by atoms with van der Waals surface area (Å²) in [7, 11) is 0. The molecule has 7 heteroatoms. The highest BCUT2D eigenvalue weighted by Gasteiger charge is 2.10. The molecule has 0 aliphatic rings. The van der Waals surface area contributed by atoms with Crippen LogP contribution in [0.1, 0.15) is 12.5 Å². The lowest BCUT2D eigenvalue weighted by Gasteiger charge is -2.06. The Bertz CT molecular complexity index is 834. The molecule has 2 aromatic rings. The third-order valence-electron chi connectivity index (χ3n) is 3.20. The molecule has 0 fully saturated rings. The topological polar surface area (TPSA) is 105 Å². The summed E-state index contributed by atoms with van der Waals surface area (Å²) in [6.07, 6.45) is 1.37. The van der Waals surface area contributed by atoms with E-state index in [1.54, 1.807) is 24.3 Å². The molecule has 0 atom stereocenters. The van der Waals surface area contributed by atoms with E-state index in [0.29, 0.717) is 23.6 Å². The Balaban J connectivity index is 2.12. The van der Waals surface area contributed by atoms with Gasteiger partial charge in [0.25, 0.3) is 11.6 Å². The van der Waals surface area contributed by atoms with Gasteiger partial charge in [-0.1, -0.05) is 0 Å². The molecule has 0 aromatic heterocycles. The Morgan fingerprint density at radius 3 is 2.40 bits per heavy atom. The van der Waals surface area contributed by atoms with Crippen LogP contribution in [-0.2, 0) is 4.79 Å². The number of non-ortho nitro benzene ring substituents is 1. The Morgan fingerprint density at radius 1 is 1.24 bits per heavy atom. The fourth-order valence-corrected chi connectivity index (χ4v) is 2.01. The minimum atomic E-state index is -0.565. The van der Waals surface area contributed by atoms with Gasteiger partial charge >= 0.3 is 0 Å². The number of nitrogens with zero attached hydrogens (tertiary/aromatic N) is 2. The Hall–Kier alpha value is -3.66. The van der Waals surface area contributed by atoms with Gasteiger partial charge in [-0.15, -0.1) is 0 Å². The van der Waals surface area contributed by atoms with Gasteiger partial charge in [0.15, 0.2) is 0 Å². The van der Waals surface area contributed by atoms with Crippen molar-refractivity contribution in [1.29, 1.82) is 5.26 Å². The summed E-state index contributed by atoms with van der Waals surface area (Å²) < 4.78 is 5.32. The summed E-state index contributed by atoms with van der Waals surface area (Å²) in [6, 6.07) is 14.2. The van der Waals surface area contributed by atoms with Crippen LogP contribution in [0.25, 0.3) is 6.08 Å². The van der Waals surface area contributed by atoms with E-state index >= 15 is 0 Å². The largest absolute Gasteiger partial charge is 0.494 e. The number of amides is 1. The van der Waals surface area contributed by atoms with Crippen LogP contribution < -0.4 is 10.1 Å². The Kier molecular flexibility index (Phi) is 5.85.